The van der Waals surface area contributed by atoms with Crippen LogP contribution in [0.4, 0.5) is 0 Å². The summed E-state index contributed by atoms with van der Waals surface area (Å²) >= 11 is 0. The molecule has 0 N–H and O–H groups in total. The molecule has 2 aromatic carbocycles. The molecule has 0 aromatic heterocycles. The van der Waals surface area contributed by atoms with Gasteiger partial charge in [-0.25, -0.2) is 0 Å². The van der Waals surface area contributed by atoms with Crippen LogP contribution in [-0.4, -0.2) is 17.2 Å². The minimum Gasteiger partial charge on any atom is -0.307 e. The summed E-state index contributed by atoms with van der Waals surface area (Å²) in [5, 5.41) is 0. The van der Waals surface area contributed by atoms with E-state index in [-0.39, 0.29) is 6.16 Å². The first-order valence-electron chi connectivity index (χ1n) is 8.63. The fraction of sp³-hybridized carbons (Fsp3) is 0.333. The SMILES string of the molecule is CCCCP(=O)(C(=O)c1ccccc1)C(=O)c1c(C)cc(C)cc1C. The summed E-state index contributed by atoms with van der Waals surface area (Å²) in [5.74, 6) is 0. The van der Waals surface area contributed by atoms with Crippen LogP contribution in [0.2, 0.25) is 0 Å². The molecular formula is C21H25O3P. The Morgan fingerprint density at radius 2 is 1.48 bits per heavy atom. The van der Waals surface area contributed by atoms with E-state index in [2.05, 4.69) is 0 Å². The number of benzene rings is 2. The maximum atomic E-state index is 13.7. The second kappa shape index (κ2) is 7.93. The smallest absolute Gasteiger partial charge is 0.229 e. The summed E-state index contributed by atoms with van der Waals surface area (Å²) in [6, 6.07) is 12.3. The van der Waals surface area contributed by atoms with E-state index < -0.39 is 18.2 Å². The molecule has 0 aliphatic heterocycles. The van der Waals surface area contributed by atoms with Crippen molar-refractivity contribution in [2.45, 2.75) is 40.5 Å². The van der Waals surface area contributed by atoms with Crippen LogP contribution in [0.5, 0.6) is 0 Å². The molecule has 0 spiro atoms. The highest BCUT2D eigenvalue weighted by Gasteiger charge is 2.41. The highest BCUT2D eigenvalue weighted by Crippen LogP contribution is 2.53. The van der Waals surface area contributed by atoms with Gasteiger partial charge in [-0.05, 0) is 38.3 Å². The lowest BCUT2D eigenvalue weighted by Crippen LogP contribution is -2.16. The minimum atomic E-state index is -3.71. The van der Waals surface area contributed by atoms with E-state index in [0.29, 0.717) is 17.5 Å². The van der Waals surface area contributed by atoms with Crippen molar-refractivity contribution < 1.29 is 14.2 Å². The van der Waals surface area contributed by atoms with Crippen LogP contribution in [0.3, 0.4) is 0 Å². The number of aryl methyl sites for hydroxylation is 3. The zero-order valence-corrected chi connectivity index (χ0v) is 16.2. The van der Waals surface area contributed by atoms with E-state index in [1.807, 2.05) is 39.8 Å². The standard InChI is InChI=1S/C21H25O3P/c1-5-6-12-25(24,20(22)18-10-8-7-9-11-18)21(23)19-16(3)13-15(2)14-17(19)4/h7-11,13-14H,5-6,12H2,1-4H3. The molecular weight excluding hydrogens is 331 g/mol. The number of rotatable bonds is 7. The number of unbranched alkanes of at least 4 members (excludes halogenated alkanes) is 1. The molecule has 25 heavy (non-hydrogen) atoms. The van der Waals surface area contributed by atoms with E-state index in [9.17, 15) is 14.2 Å². The molecule has 132 valence electrons. The number of hydrogen-bond donors (Lipinski definition) is 0. The molecule has 0 amide bonds. The van der Waals surface area contributed by atoms with Crippen LogP contribution in [0.15, 0.2) is 42.5 Å². The summed E-state index contributed by atoms with van der Waals surface area (Å²) in [6.07, 6.45) is 1.50. The van der Waals surface area contributed by atoms with Gasteiger partial charge in [0.1, 0.15) is 0 Å². The number of carbonyl (C=O) groups is 2. The largest absolute Gasteiger partial charge is 0.307 e. The van der Waals surface area contributed by atoms with Gasteiger partial charge in [-0.15, -0.1) is 0 Å². The second-order valence-corrected chi connectivity index (χ2v) is 9.31. The van der Waals surface area contributed by atoms with Crippen LogP contribution in [0, 0.1) is 20.8 Å². The Morgan fingerprint density at radius 3 is 2.00 bits per heavy atom. The van der Waals surface area contributed by atoms with Crippen LogP contribution in [0.1, 0.15) is 57.2 Å². The van der Waals surface area contributed by atoms with Crippen molar-refractivity contribution in [3.8, 4) is 0 Å². The Balaban J connectivity index is 2.56. The van der Waals surface area contributed by atoms with Crippen molar-refractivity contribution in [1.82, 2.24) is 0 Å². The molecule has 1 unspecified atom stereocenters. The maximum absolute atomic E-state index is 13.7. The predicted octanol–water partition coefficient (Wildman–Crippen LogP) is 5.76. The lowest BCUT2D eigenvalue weighted by atomic mass is 10.0. The van der Waals surface area contributed by atoms with Crippen LogP contribution in [0.25, 0.3) is 0 Å². The van der Waals surface area contributed by atoms with Crippen molar-refractivity contribution in [3.05, 3.63) is 70.3 Å². The monoisotopic (exact) mass is 356 g/mol. The highest BCUT2D eigenvalue weighted by atomic mass is 31.2. The second-order valence-electron chi connectivity index (χ2n) is 6.57. The van der Waals surface area contributed by atoms with Gasteiger partial charge in [-0.1, -0.05) is 61.4 Å². The van der Waals surface area contributed by atoms with E-state index in [0.717, 1.165) is 23.1 Å². The molecule has 0 heterocycles. The Morgan fingerprint density at radius 1 is 0.920 bits per heavy atom. The van der Waals surface area contributed by atoms with Crippen LogP contribution < -0.4 is 0 Å². The molecule has 2 aromatic rings. The zero-order chi connectivity index (χ0) is 18.6. The van der Waals surface area contributed by atoms with Crippen molar-refractivity contribution in [2.75, 3.05) is 6.16 Å². The minimum absolute atomic E-state index is 0.128. The van der Waals surface area contributed by atoms with E-state index >= 15 is 0 Å². The molecule has 0 saturated heterocycles. The third kappa shape index (κ3) is 3.99. The van der Waals surface area contributed by atoms with Gasteiger partial charge in [0.15, 0.2) is 0 Å². The Hall–Kier alpha value is -1.99. The molecule has 0 fully saturated rings. The number of hydrogen-bond acceptors (Lipinski definition) is 3. The Labute approximate surface area is 149 Å². The molecule has 1 atom stereocenters. The molecule has 0 bridgehead atoms. The third-order valence-corrected chi connectivity index (χ3v) is 7.13. The van der Waals surface area contributed by atoms with Gasteiger partial charge in [0, 0.05) is 17.3 Å². The topological polar surface area (TPSA) is 51.2 Å². The zero-order valence-electron chi connectivity index (χ0n) is 15.3. The first-order chi connectivity index (χ1) is 11.8. The fourth-order valence-corrected chi connectivity index (χ4v) is 5.80. The van der Waals surface area contributed by atoms with Crippen molar-refractivity contribution >= 4 is 18.2 Å². The molecule has 0 aliphatic rings. The van der Waals surface area contributed by atoms with E-state index in [1.165, 1.54) is 0 Å². The van der Waals surface area contributed by atoms with E-state index in [4.69, 9.17) is 0 Å². The molecule has 4 heteroatoms. The quantitative estimate of drug-likeness (QED) is 0.593. The fourth-order valence-electron chi connectivity index (χ4n) is 3.16. The molecule has 0 saturated carbocycles. The number of carbonyl (C=O) groups excluding carboxylic acids is 2. The summed E-state index contributed by atoms with van der Waals surface area (Å²) < 4.78 is 13.7. The van der Waals surface area contributed by atoms with Crippen molar-refractivity contribution in [2.24, 2.45) is 0 Å². The van der Waals surface area contributed by atoms with Gasteiger partial charge in [-0.3, -0.25) is 9.59 Å². The normalized spacial score (nSPS) is 13.3. The molecule has 0 radical (unpaired) electrons. The van der Waals surface area contributed by atoms with Gasteiger partial charge in [0.05, 0.1) is 0 Å². The van der Waals surface area contributed by atoms with Crippen LogP contribution in [-0.2, 0) is 4.57 Å². The highest BCUT2D eigenvalue weighted by molar-refractivity contribution is 7.95. The maximum Gasteiger partial charge on any atom is 0.229 e. The molecule has 3 nitrogen and oxygen atoms in total. The summed E-state index contributed by atoms with van der Waals surface area (Å²) in [4.78, 5) is 26.2. The average Bonchev–Trinajstić information content (AvgIpc) is 2.58. The predicted molar refractivity (Wildman–Crippen MR) is 103 cm³/mol. The first kappa shape index (κ1) is 19.3. The molecule has 2 rings (SSSR count). The van der Waals surface area contributed by atoms with Crippen molar-refractivity contribution in [1.29, 1.82) is 0 Å². The summed E-state index contributed by atoms with van der Waals surface area (Å²) in [7, 11) is -3.71. The summed E-state index contributed by atoms with van der Waals surface area (Å²) in [5.41, 5.74) is 2.37. The van der Waals surface area contributed by atoms with Gasteiger partial charge in [0.25, 0.3) is 0 Å². The van der Waals surface area contributed by atoms with Gasteiger partial charge in [0.2, 0.25) is 18.2 Å². The Bertz CT molecular complexity index is 814. The van der Waals surface area contributed by atoms with Crippen molar-refractivity contribution in [3.63, 3.8) is 0 Å². The lowest BCUT2D eigenvalue weighted by molar-refractivity contribution is 0.103. The third-order valence-electron chi connectivity index (χ3n) is 4.39. The van der Waals surface area contributed by atoms with Gasteiger partial charge in [-0.2, -0.15) is 0 Å². The summed E-state index contributed by atoms with van der Waals surface area (Å²) in [6.45, 7) is 7.60. The lowest BCUT2D eigenvalue weighted by Gasteiger charge is -2.19. The van der Waals surface area contributed by atoms with Gasteiger partial charge < -0.3 is 4.57 Å². The average molecular weight is 356 g/mol. The van der Waals surface area contributed by atoms with Gasteiger partial charge >= 0.3 is 0 Å². The Kier molecular flexibility index (Phi) is 6.13. The van der Waals surface area contributed by atoms with Crippen LogP contribution >= 0.6 is 7.14 Å². The molecule has 0 aliphatic carbocycles. The van der Waals surface area contributed by atoms with E-state index in [1.54, 1.807) is 30.3 Å². The first-order valence-corrected chi connectivity index (χ1v) is 10.5.